The van der Waals surface area contributed by atoms with Crippen LogP contribution in [0.4, 0.5) is 0 Å². The average Bonchev–Trinajstić information content (AvgIpc) is 2.84. The fraction of sp³-hybridized carbons (Fsp3) is 0.294. The van der Waals surface area contributed by atoms with Gasteiger partial charge in [0, 0.05) is 30.5 Å². The monoisotopic (exact) mass is 345 g/mol. The zero-order valence-electron chi connectivity index (χ0n) is 14.2. The minimum absolute atomic E-state index is 0.0374. The maximum atomic E-state index is 12.5. The molecule has 0 atom stereocenters. The second-order valence-corrected chi connectivity index (χ2v) is 6.53. The van der Waals surface area contributed by atoms with Crippen molar-refractivity contribution < 1.29 is 4.79 Å². The Morgan fingerprint density at radius 3 is 2.54 bits per heavy atom. The lowest BCUT2D eigenvalue weighted by molar-refractivity contribution is 0.102. The normalized spacial score (nSPS) is 11.6. The molecular formula is C17H23N5OS. The Morgan fingerprint density at radius 1 is 1.29 bits per heavy atom. The van der Waals surface area contributed by atoms with Crippen molar-refractivity contribution in [2.75, 3.05) is 12.8 Å². The maximum absolute atomic E-state index is 12.5. The summed E-state index contributed by atoms with van der Waals surface area (Å²) in [7, 11) is 1.63. The third-order valence-corrected chi connectivity index (χ3v) is 4.86. The number of thioether (sulfide) groups is 1. The van der Waals surface area contributed by atoms with Gasteiger partial charge in [0.1, 0.15) is 0 Å². The number of carbonyl (C=O) groups excluding carboxylic acids is 1. The number of rotatable bonds is 5. The van der Waals surface area contributed by atoms with Gasteiger partial charge < -0.3 is 10.4 Å². The molecule has 0 spiro atoms. The van der Waals surface area contributed by atoms with Crippen molar-refractivity contribution in [3.8, 4) is 0 Å². The summed E-state index contributed by atoms with van der Waals surface area (Å²) in [6.45, 7) is 4.74. The highest BCUT2D eigenvalue weighted by Gasteiger charge is 2.17. The van der Waals surface area contributed by atoms with Crippen molar-refractivity contribution in [1.29, 1.82) is 0 Å². The first-order chi connectivity index (χ1) is 11.4. The number of nitrogens with two attached hydrogens (primary N) is 2. The Labute approximate surface area is 146 Å². The van der Waals surface area contributed by atoms with Crippen LogP contribution in [0.1, 0.15) is 27.3 Å². The molecule has 0 saturated carbocycles. The number of nitrogens with zero attached hydrogens (tertiary/aromatic N) is 3. The molecule has 7 heteroatoms. The minimum Gasteiger partial charge on any atom is -0.344 e. The number of hydrazine groups is 1. The van der Waals surface area contributed by atoms with Gasteiger partial charge in [-0.2, -0.15) is 5.10 Å². The fourth-order valence-corrected chi connectivity index (χ4v) is 3.22. The van der Waals surface area contributed by atoms with Gasteiger partial charge in [-0.25, -0.2) is 5.84 Å². The van der Waals surface area contributed by atoms with E-state index < -0.39 is 0 Å². The summed E-state index contributed by atoms with van der Waals surface area (Å²) in [4.78, 5) is 12.5. The summed E-state index contributed by atoms with van der Waals surface area (Å²) in [6.07, 6.45) is 0. The van der Waals surface area contributed by atoms with Crippen LogP contribution in [0.5, 0.6) is 0 Å². The van der Waals surface area contributed by atoms with Crippen LogP contribution in [0.25, 0.3) is 0 Å². The standard InChI is InChI=1S/C17H23N5OS/c1-12-9-15(16(23)11-24-17(20-18)21(3)19)13(2)22(12)10-14-7-5-4-6-8-14/h4-9H,10-11,18-19H2,1-3H3/b20-17+. The van der Waals surface area contributed by atoms with Crippen molar-refractivity contribution in [2.24, 2.45) is 16.8 Å². The molecule has 0 unspecified atom stereocenters. The molecule has 6 nitrogen and oxygen atoms in total. The fourth-order valence-electron chi connectivity index (χ4n) is 2.53. The summed E-state index contributed by atoms with van der Waals surface area (Å²) in [6, 6.07) is 12.1. The number of Topliss-reactive ketones (excluding diaryl/α,β-unsaturated/α-hetero) is 1. The number of carbonyl (C=O) groups is 1. The topological polar surface area (TPSA) is 89.6 Å². The quantitative estimate of drug-likeness (QED) is 0.285. The lowest BCUT2D eigenvalue weighted by Crippen LogP contribution is -2.32. The number of benzene rings is 1. The van der Waals surface area contributed by atoms with E-state index in [2.05, 4.69) is 21.8 Å². The SMILES string of the molecule is Cc1cc(C(=O)CS/C(=N/N)N(C)N)c(C)n1Cc1ccccc1. The number of aryl methyl sites for hydroxylation is 1. The van der Waals surface area contributed by atoms with Crippen molar-refractivity contribution in [1.82, 2.24) is 9.58 Å². The zero-order valence-corrected chi connectivity index (χ0v) is 15.0. The predicted octanol–water partition coefficient (Wildman–Crippen LogP) is 2.10. The molecular weight excluding hydrogens is 322 g/mol. The van der Waals surface area contributed by atoms with E-state index in [1.165, 1.54) is 22.3 Å². The van der Waals surface area contributed by atoms with Crippen LogP contribution in [0.15, 0.2) is 41.5 Å². The summed E-state index contributed by atoms with van der Waals surface area (Å²) in [5, 5.41) is 5.30. The molecule has 24 heavy (non-hydrogen) atoms. The number of hydrogen-bond acceptors (Lipinski definition) is 5. The highest BCUT2D eigenvalue weighted by molar-refractivity contribution is 8.14. The molecule has 0 aliphatic heterocycles. The zero-order chi connectivity index (χ0) is 17.7. The van der Waals surface area contributed by atoms with E-state index in [1.54, 1.807) is 7.05 Å². The van der Waals surface area contributed by atoms with E-state index in [0.29, 0.717) is 5.17 Å². The first-order valence-electron chi connectivity index (χ1n) is 7.57. The third-order valence-electron chi connectivity index (χ3n) is 3.80. The summed E-state index contributed by atoms with van der Waals surface area (Å²) < 4.78 is 2.15. The molecule has 0 aliphatic carbocycles. The van der Waals surface area contributed by atoms with Crippen molar-refractivity contribution in [3.05, 3.63) is 58.9 Å². The first kappa shape index (κ1) is 18.1. The second kappa shape index (κ2) is 8.03. The van der Waals surface area contributed by atoms with E-state index in [-0.39, 0.29) is 11.5 Å². The van der Waals surface area contributed by atoms with E-state index in [9.17, 15) is 4.79 Å². The number of hydrazone groups is 1. The van der Waals surface area contributed by atoms with Crippen LogP contribution in [-0.2, 0) is 6.54 Å². The molecule has 1 aromatic heterocycles. The predicted molar refractivity (Wildman–Crippen MR) is 99.8 cm³/mol. The molecule has 0 radical (unpaired) electrons. The van der Waals surface area contributed by atoms with Gasteiger partial charge in [0.05, 0.1) is 5.75 Å². The maximum Gasteiger partial charge on any atom is 0.196 e. The van der Waals surface area contributed by atoms with Gasteiger partial charge in [0.2, 0.25) is 0 Å². The lowest BCUT2D eigenvalue weighted by Gasteiger charge is -2.13. The highest BCUT2D eigenvalue weighted by Crippen LogP contribution is 2.19. The smallest absolute Gasteiger partial charge is 0.196 e. The van der Waals surface area contributed by atoms with Gasteiger partial charge in [-0.15, -0.1) is 0 Å². The van der Waals surface area contributed by atoms with E-state index >= 15 is 0 Å². The number of aromatic nitrogens is 1. The van der Waals surface area contributed by atoms with E-state index in [1.807, 2.05) is 38.1 Å². The minimum atomic E-state index is 0.0374. The molecule has 1 aromatic carbocycles. The molecule has 0 amide bonds. The summed E-state index contributed by atoms with van der Waals surface area (Å²) in [5.74, 6) is 11.2. The summed E-state index contributed by atoms with van der Waals surface area (Å²) in [5.41, 5.74) is 3.96. The van der Waals surface area contributed by atoms with Crippen LogP contribution >= 0.6 is 11.8 Å². The molecule has 0 aliphatic rings. The Balaban J connectivity index is 2.14. The summed E-state index contributed by atoms with van der Waals surface area (Å²) >= 11 is 1.23. The average molecular weight is 345 g/mol. The third kappa shape index (κ3) is 4.18. The van der Waals surface area contributed by atoms with Gasteiger partial charge >= 0.3 is 0 Å². The molecule has 2 aromatic rings. The Hall–Kier alpha value is -2.25. The van der Waals surface area contributed by atoms with Crippen LogP contribution in [-0.4, -0.2) is 33.3 Å². The Kier molecular flexibility index (Phi) is 6.05. The van der Waals surface area contributed by atoms with Crippen LogP contribution in [0.2, 0.25) is 0 Å². The molecule has 1 heterocycles. The number of hydrogen-bond donors (Lipinski definition) is 2. The molecule has 2 rings (SSSR count). The molecule has 0 saturated heterocycles. The van der Waals surface area contributed by atoms with Crippen molar-refractivity contribution >= 4 is 22.7 Å². The van der Waals surface area contributed by atoms with Gasteiger partial charge in [-0.3, -0.25) is 9.80 Å². The molecule has 0 fully saturated rings. The molecule has 0 bridgehead atoms. The van der Waals surface area contributed by atoms with Gasteiger partial charge in [-0.05, 0) is 25.5 Å². The van der Waals surface area contributed by atoms with E-state index in [4.69, 9.17) is 11.7 Å². The van der Waals surface area contributed by atoms with Crippen molar-refractivity contribution in [3.63, 3.8) is 0 Å². The Morgan fingerprint density at radius 2 is 1.96 bits per heavy atom. The number of ketones is 1. The largest absolute Gasteiger partial charge is 0.344 e. The molecule has 4 N–H and O–H groups in total. The van der Waals surface area contributed by atoms with Gasteiger partial charge in [0.15, 0.2) is 11.0 Å². The van der Waals surface area contributed by atoms with Crippen LogP contribution in [0.3, 0.4) is 0 Å². The van der Waals surface area contributed by atoms with Crippen molar-refractivity contribution in [2.45, 2.75) is 20.4 Å². The second-order valence-electron chi connectivity index (χ2n) is 5.59. The van der Waals surface area contributed by atoms with Gasteiger partial charge in [0.25, 0.3) is 0 Å². The van der Waals surface area contributed by atoms with E-state index in [0.717, 1.165) is 23.5 Å². The van der Waals surface area contributed by atoms with Crippen LogP contribution in [0, 0.1) is 13.8 Å². The molecule has 128 valence electrons. The van der Waals surface area contributed by atoms with Crippen LogP contribution < -0.4 is 11.7 Å². The van der Waals surface area contributed by atoms with Gasteiger partial charge in [-0.1, -0.05) is 42.1 Å². The first-order valence-corrected chi connectivity index (χ1v) is 8.55. The number of amidine groups is 1. The Bertz CT molecular complexity index is 737. The highest BCUT2D eigenvalue weighted by atomic mass is 32.2. The lowest BCUT2D eigenvalue weighted by atomic mass is 10.2.